The van der Waals surface area contributed by atoms with Crippen LogP contribution in [0.25, 0.3) is 11.4 Å². The molecule has 0 saturated carbocycles. The second-order valence-electron chi connectivity index (χ2n) is 7.85. The molecule has 0 spiro atoms. The van der Waals surface area contributed by atoms with Crippen molar-refractivity contribution in [1.82, 2.24) is 25.9 Å². The number of benzene rings is 2. The van der Waals surface area contributed by atoms with Crippen molar-refractivity contribution in [2.45, 2.75) is 18.6 Å². The zero-order valence-electron chi connectivity index (χ0n) is 19.0. The van der Waals surface area contributed by atoms with Gasteiger partial charge in [0.25, 0.3) is 11.8 Å². The Morgan fingerprint density at radius 3 is 2.46 bits per heavy atom. The number of aliphatic hydroxyl groups excluding tert-OH is 1. The lowest BCUT2D eigenvalue weighted by molar-refractivity contribution is -0.125. The predicted molar refractivity (Wildman–Crippen MR) is 128 cm³/mol. The Morgan fingerprint density at radius 1 is 1.00 bits per heavy atom. The van der Waals surface area contributed by atoms with Gasteiger partial charge in [-0.25, -0.2) is 4.79 Å². The van der Waals surface area contributed by atoms with Crippen LogP contribution in [0.5, 0.6) is 0 Å². The standard InChI is InChI=1S/C24H20N6O7/c31-16-11-18(37-19(12-16)24(35)36)22(33)26-17(9-13-5-2-1-3-6-13)20(32)23(34)25-15-8-4-7-14(10-15)21-27-29-30-28-21/h1-8,10-12,17,20,32H,9H2,(H,25,34)(H,26,33)(H,35,36)(H,27,28,29,30)/t17-,20-/m0/s1. The lowest BCUT2D eigenvalue weighted by atomic mass is 10.00. The summed E-state index contributed by atoms with van der Waals surface area (Å²) < 4.78 is 5.00. The number of aromatic amines is 1. The molecule has 2 amide bonds. The zero-order valence-corrected chi connectivity index (χ0v) is 19.0. The molecule has 4 rings (SSSR count). The number of carbonyl (C=O) groups excluding carboxylic acids is 2. The molecular weight excluding hydrogens is 484 g/mol. The van der Waals surface area contributed by atoms with Crippen LogP contribution in [-0.4, -0.2) is 60.8 Å². The van der Waals surface area contributed by atoms with Crippen LogP contribution < -0.4 is 16.1 Å². The first kappa shape index (κ1) is 24.9. The van der Waals surface area contributed by atoms with Crippen molar-refractivity contribution < 1.29 is 29.0 Å². The highest BCUT2D eigenvalue weighted by molar-refractivity contribution is 5.97. The van der Waals surface area contributed by atoms with Crippen LogP contribution >= 0.6 is 0 Å². The lowest BCUT2D eigenvalue weighted by Crippen LogP contribution is -2.50. The topological polar surface area (TPSA) is 200 Å². The van der Waals surface area contributed by atoms with Gasteiger partial charge in [-0.05, 0) is 29.3 Å². The molecule has 4 aromatic rings. The average molecular weight is 504 g/mol. The summed E-state index contributed by atoms with van der Waals surface area (Å²) >= 11 is 0. The van der Waals surface area contributed by atoms with Crippen molar-refractivity contribution in [3.63, 3.8) is 0 Å². The number of aromatic carboxylic acids is 1. The minimum atomic E-state index is -1.74. The molecule has 0 radical (unpaired) electrons. The van der Waals surface area contributed by atoms with E-state index in [0.29, 0.717) is 22.6 Å². The molecule has 2 aromatic carbocycles. The molecule has 0 unspecified atom stereocenters. The van der Waals surface area contributed by atoms with Crippen LogP contribution in [0.3, 0.4) is 0 Å². The number of hydrogen-bond acceptors (Lipinski definition) is 9. The second kappa shape index (κ2) is 11.0. The van der Waals surface area contributed by atoms with Gasteiger partial charge >= 0.3 is 5.97 Å². The normalized spacial score (nSPS) is 12.4. The summed E-state index contributed by atoms with van der Waals surface area (Å²) in [4.78, 5) is 48.8. The van der Waals surface area contributed by atoms with E-state index < -0.39 is 46.9 Å². The smallest absolute Gasteiger partial charge is 0.371 e. The van der Waals surface area contributed by atoms with E-state index in [-0.39, 0.29) is 6.42 Å². The molecule has 2 atom stereocenters. The number of carboxylic acid groups (broad SMARTS) is 1. The number of anilines is 1. The van der Waals surface area contributed by atoms with Gasteiger partial charge in [-0.3, -0.25) is 14.4 Å². The fourth-order valence-electron chi connectivity index (χ4n) is 3.46. The number of aliphatic hydroxyl groups is 1. The number of nitrogens with zero attached hydrogens (tertiary/aromatic N) is 3. The molecule has 2 aromatic heterocycles. The number of rotatable bonds is 9. The van der Waals surface area contributed by atoms with Gasteiger partial charge in [0, 0.05) is 23.4 Å². The minimum Gasteiger partial charge on any atom is -0.475 e. The third-order valence-electron chi connectivity index (χ3n) is 5.20. The first-order valence-corrected chi connectivity index (χ1v) is 10.9. The van der Waals surface area contributed by atoms with Crippen molar-refractivity contribution in [1.29, 1.82) is 0 Å². The zero-order chi connectivity index (χ0) is 26.4. The van der Waals surface area contributed by atoms with E-state index in [9.17, 15) is 24.3 Å². The maximum Gasteiger partial charge on any atom is 0.371 e. The Morgan fingerprint density at radius 2 is 1.76 bits per heavy atom. The number of aromatic nitrogens is 4. The number of amides is 2. The summed E-state index contributed by atoms with van der Waals surface area (Å²) in [6.07, 6.45) is -1.71. The Kier molecular flexibility index (Phi) is 7.45. The van der Waals surface area contributed by atoms with Gasteiger partial charge in [0.2, 0.25) is 11.6 Å². The molecule has 2 heterocycles. The minimum absolute atomic E-state index is 0.0346. The highest BCUT2D eigenvalue weighted by Crippen LogP contribution is 2.19. The highest BCUT2D eigenvalue weighted by atomic mass is 16.4. The van der Waals surface area contributed by atoms with Crippen LogP contribution in [0.2, 0.25) is 0 Å². The molecule has 0 aliphatic rings. The van der Waals surface area contributed by atoms with E-state index >= 15 is 0 Å². The Bertz CT molecular complexity index is 1470. The van der Waals surface area contributed by atoms with Crippen molar-refractivity contribution >= 4 is 23.5 Å². The molecule has 13 nitrogen and oxygen atoms in total. The number of carbonyl (C=O) groups is 3. The van der Waals surface area contributed by atoms with Crippen molar-refractivity contribution in [2.24, 2.45) is 0 Å². The van der Waals surface area contributed by atoms with Gasteiger partial charge in [-0.15, -0.1) is 10.2 Å². The quantitative estimate of drug-likeness (QED) is 0.218. The van der Waals surface area contributed by atoms with Gasteiger partial charge in [-0.2, -0.15) is 5.21 Å². The largest absolute Gasteiger partial charge is 0.475 e. The maximum absolute atomic E-state index is 12.9. The van der Waals surface area contributed by atoms with Gasteiger partial charge < -0.3 is 25.3 Å². The third kappa shape index (κ3) is 6.29. The molecule has 188 valence electrons. The molecule has 37 heavy (non-hydrogen) atoms. The van der Waals surface area contributed by atoms with Crippen molar-refractivity contribution in [3.8, 4) is 11.4 Å². The molecule has 5 N–H and O–H groups in total. The molecule has 13 heteroatoms. The number of carboxylic acids is 1. The summed E-state index contributed by atoms with van der Waals surface area (Å²) in [6.45, 7) is 0. The first-order valence-electron chi connectivity index (χ1n) is 10.9. The molecule has 0 aliphatic carbocycles. The van der Waals surface area contributed by atoms with Crippen molar-refractivity contribution in [2.75, 3.05) is 5.32 Å². The average Bonchev–Trinajstić information content (AvgIpc) is 3.43. The first-order chi connectivity index (χ1) is 17.8. The monoisotopic (exact) mass is 504 g/mol. The van der Waals surface area contributed by atoms with Crippen LogP contribution in [0.1, 0.15) is 26.7 Å². The Labute approximate surface area is 208 Å². The van der Waals surface area contributed by atoms with E-state index in [1.54, 1.807) is 54.6 Å². The van der Waals surface area contributed by atoms with Crippen LogP contribution in [0, 0.1) is 0 Å². The maximum atomic E-state index is 12.9. The summed E-state index contributed by atoms with van der Waals surface area (Å²) in [6, 6.07) is 15.6. The summed E-state index contributed by atoms with van der Waals surface area (Å²) in [7, 11) is 0. The van der Waals surface area contributed by atoms with Gasteiger partial charge in [-0.1, -0.05) is 42.5 Å². The number of tetrazole rings is 1. The molecule has 0 fully saturated rings. The van der Waals surface area contributed by atoms with Crippen LogP contribution in [0.4, 0.5) is 5.69 Å². The van der Waals surface area contributed by atoms with E-state index in [1.807, 2.05) is 0 Å². The molecule has 0 saturated heterocycles. The fraction of sp³-hybridized carbons (Fsp3) is 0.125. The van der Waals surface area contributed by atoms with Crippen LogP contribution in [0.15, 0.2) is 75.9 Å². The Balaban J connectivity index is 1.55. The van der Waals surface area contributed by atoms with E-state index in [0.717, 1.165) is 12.1 Å². The second-order valence-corrected chi connectivity index (χ2v) is 7.85. The van der Waals surface area contributed by atoms with Gasteiger partial charge in [0.15, 0.2) is 17.3 Å². The van der Waals surface area contributed by atoms with Gasteiger partial charge in [0.05, 0.1) is 6.04 Å². The predicted octanol–water partition coefficient (Wildman–Crippen LogP) is 0.859. The summed E-state index contributed by atoms with van der Waals surface area (Å²) in [5.74, 6) is -4.34. The summed E-state index contributed by atoms with van der Waals surface area (Å²) in [5.41, 5.74) is 0.826. The van der Waals surface area contributed by atoms with E-state index in [4.69, 9.17) is 9.52 Å². The SMILES string of the molecule is O=C(O)c1cc(=O)cc(C(=O)N[C@@H](Cc2ccccc2)[C@H](O)C(=O)Nc2cccc(-c3nn[nH]n3)c2)o1. The highest BCUT2D eigenvalue weighted by Gasteiger charge is 2.29. The molecular formula is C24H20N6O7. The van der Waals surface area contributed by atoms with Crippen molar-refractivity contribution in [3.05, 3.63) is 94.0 Å². The number of hydrogen-bond donors (Lipinski definition) is 5. The van der Waals surface area contributed by atoms with E-state index in [1.165, 1.54) is 0 Å². The van der Waals surface area contributed by atoms with Gasteiger partial charge in [0.1, 0.15) is 0 Å². The third-order valence-corrected chi connectivity index (χ3v) is 5.20. The Hall–Kier alpha value is -5.17. The number of H-pyrrole nitrogens is 1. The van der Waals surface area contributed by atoms with E-state index in [2.05, 4.69) is 31.3 Å². The van der Waals surface area contributed by atoms with Crippen LogP contribution in [-0.2, 0) is 11.2 Å². The molecule has 0 aliphatic heterocycles. The molecule has 0 bridgehead atoms. The fourth-order valence-corrected chi connectivity index (χ4v) is 3.46. The number of nitrogens with one attached hydrogen (secondary N) is 3. The summed E-state index contributed by atoms with van der Waals surface area (Å²) in [5, 5.41) is 38.6. The lowest BCUT2D eigenvalue weighted by Gasteiger charge is -2.23.